The van der Waals surface area contributed by atoms with Crippen LogP contribution >= 0.6 is 37.9 Å². The third-order valence-corrected chi connectivity index (χ3v) is 5.68. The van der Waals surface area contributed by atoms with Crippen molar-refractivity contribution in [2.75, 3.05) is 30.3 Å². The maximum absolute atomic E-state index is 12.7. The van der Waals surface area contributed by atoms with E-state index in [0.29, 0.717) is 13.1 Å². The predicted molar refractivity (Wildman–Crippen MR) is 114 cm³/mol. The van der Waals surface area contributed by atoms with Gasteiger partial charge in [-0.3, -0.25) is 14.4 Å². The van der Waals surface area contributed by atoms with Gasteiger partial charge in [0.15, 0.2) is 5.66 Å². The van der Waals surface area contributed by atoms with E-state index in [0.717, 1.165) is 0 Å². The van der Waals surface area contributed by atoms with Gasteiger partial charge in [0.25, 0.3) is 5.91 Å². The van der Waals surface area contributed by atoms with Crippen LogP contribution in [-0.2, 0) is 14.4 Å². The van der Waals surface area contributed by atoms with Gasteiger partial charge in [0.2, 0.25) is 11.8 Å². The lowest BCUT2D eigenvalue weighted by Crippen LogP contribution is -2.73. The summed E-state index contributed by atoms with van der Waals surface area (Å²) in [6.07, 6.45) is 0. The van der Waals surface area contributed by atoms with Gasteiger partial charge in [-0.1, -0.05) is 6.92 Å². The lowest BCUT2D eigenvalue weighted by Gasteiger charge is -2.36. The summed E-state index contributed by atoms with van der Waals surface area (Å²) >= 11 is 12.4. The van der Waals surface area contributed by atoms with E-state index >= 15 is 0 Å². The number of nitrogens with one attached hydrogen (secondary N) is 4. The highest BCUT2D eigenvalue weighted by Crippen LogP contribution is 2.13. The van der Waals surface area contributed by atoms with Crippen LogP contribution in [0, 0.1) is 0 Å². The van der Waals surface area contributed by atoms with E-state index in [2.05, 4.69) is 59.2 Å². The molecule has 0 fully saturated rings. The molecule has 8 nitrogen and oxygen atoms in total. The van der Waals surface area contributed by atoms with Crippen molar-refractivity contribution in [3.63, 3.8) is 0 Å². The lowest BCUT2D eigenvalue weighted by atomic mass is 10.00. The summed E-state index contributed by atoms with van der Waals surface area (Å²) in [5, 5.41) is 10.7. The van der Waals surface area contributed by atoms with Crippen LogP contribution in [0.5, 0.6) is 0 Å². The zero-order valence-corrected chi connectivity index (χ0v) is 18.4. The molecule has 0 radical (unpaired) electrons. The van der Waals surface area contributed by atoms with Crippen molar-refractivity contribution in [3.05, 3.63) is 0 Å². The van der Waals surface area contributed by atoms with Crippen molar-refractivity contribution in [3.8, 4) is 0 Å². The minimum atomic E-state index is -1.81. The van der Waals surface area contributed by atoms with Crippen molar-refractivity contribution >= 4 is 55.6 Å². The Labute approximate surface area is 171 Å². The Bertz CT molecular complexity index is 525. The van der Waals surface area contributed by atoms with E-state index < -0.39 is 34.5 Å². The molecule has 152 valence electrons. The first-order chi connectivity index (χ1) is 12.0. The van der Waals surface area contributed by atoms with Crippen LogP contribution in [-0.4, -0.2) is 64.8 Å². The van der Waals surface area contributed by atoms with E-state index in [1.54, 1.807) is 13.8 Å². The van der Waals surface area contributed by atoms with Crippen molar-refractivity contribution in [2.45, 2.75) is 44.4 Å². The molecule has 0 aromatic rings. The third-order valence-electron chi connectivity index (χ3n) is 3.92. The van der Waals surface area contributed by atoms with Crippen LogP contribution in [0.25, 0.3) is 0 Å². The second-order valence-electron chi connectivity index (χ2n) is 6.41. The molecule has 0 rings (SSSR count). The molecule has 1 unspecified atom stereocenters. The van der Waals surface area contributed by atoms with E-state index in [9.17, 15) is 14.4 Å². The van der Waals surface area contributed by atoms with Gasteiger partial charge in [-0.2, -0.15) is 37.9 Å². The number of thiol groups is 3. The molecule has 0 saturated carbocycles. The van der Waals surface area contributed by atoms with E-state index in [1.165, 1.54) is 6.92 Å². The molecular weight excluding hydrogens is 394 g/mol. The fourth-order valence-corrected chi connectivity index (χ4v) is 2.69. The summed E-state index contributed by atoms with van der Waals surface area (Å²) in [6.45, 7) is 7.73. The molecule has 0 aliphatic carbocycles. The van der Waals surface area contributed by atoms with Gasteiger partial charge >= 0.3 is 0 Å². The first-order valence-electron chi connectivity index (χ1n) is 8.28. The Balaban J connectivity index is 5.43. The normalized spacial score (nSPS) is 18.0. The van der Waals surface area contributed by atoms with Crippen LogP contribution in [0.15, 0.2) is 0 Å². The molecule has 3 atom stereocenters. The summed E-state index contributed by atoms with van der Waals surface area (Å²) in [6, 6.07) is 0. The Morgan fingerprint density at radius 3 is 1.73 bits per heavy atom. The average molecular weight is 426 g/mol. The van der Waals surface area contributed by atoms with Gasteiger partial charge in [-0.25, -0.2) is 0 Å². The van der Waals surface area contributed by atoms with Crippen LogP contribution < -0.4 is 27.0 Å². The molecular formula is C15H31N5O3S3. The molecule has 3 amide bonds. The minimum absolute atomic E-state index is 0.0485. The number of hydrogen-bond donors (Lipinski definition) is 8. The highest BCUT2D eigenvalue weighted by atomic mass is 32.1. The van der Waals surface area contributed by atoms with Gasteiger partial charge in [0.05, 0.1) is 0 Å². The second-order valence-corrected chi connectivity index (χ2v) is 7.36. The average Bonchev–Trinajstić information content (AvgIpc) is 2.61. The van der Waals surface area contributed by atoms with Gasteiger partial charge in [-0.15, -0.1) is 0 Å². The third kappa shape index (κ3) is 6.22. The fourth-order valence-electron chi connectivity index (χ4n) is 1.99. The van der Waals surface area contributed by atoms with Gasteiger partial charge in [-0.05, 0) is 27.3 Å². The Morgan fingerprint density at radius 1 is 0.808 bits per heavy atom. The summed E-state index contributed by atoms with van der Waals surface area (Å²) < 4.78 is 0. The number of likely N-dealkylation sites (N-methyl/N-ethyl adjacent to an activating group) is 2. The molecule has 0 aromatic heterocycles. The number of rotatable bonds is 11. The molecule has 0 aliphatic heterocycles. The van der Waals surface area contributed by atoms with E-state index in [1.807, 2.05) is 6.92 Å². The fraction of sp³-hybridized carbons (Fsp3) is 0.800. The topological polar surface area (TPSA) is 125 Å². The smallest absolute Gasteiger partial charge is 0.262 e. The van der Waals surface area contributed by atoms with Gasteiger partial charge < -0.3 is 27.0 Å². The molecule has 0 aliphatic rings. The summed E-state index contributed by atoms with van der Waals surface area (Å²) in [4.78, 5) is 37.6. The van der Waals surface area contributed by atoms with Crippen molar-refractivity contribution < 1.29 is 14.4 Å². The SMILES string of the molecule is CCNC(=O)[C@@](C)(CS)NC(=O)C(N)(CS)NC(=O)[C@@](C)(CS)NCC. The number of carbonyl (C=O) groups excluding carboxylic acids is 3. The number of hydrogen-bond acceptors (Lipinski definition) is 8. The number of carbonyl (C=O) groups is 3. The maximum Gasteiger partial charge on any atom is 0.262 e. The Kier molecular flexibility index (Phi) is 10.4. The van der Waals surface area contributed by atoms with Crippen LogP contribution in [0.1, 0.15) is 27.7 Å². The molecule has 0 saturated heterocycles. The second kappa shape index (κ2) is 10.6. The zero-order chi connectivity index (χ0) is 20.6. The lowest BCUT2D eigenvalue weighted by molar-refractivity contribution is -0.138. The summed E-state index contributed by atoms with van der Waals surface area (Å²) in [7, 11) is 0. The minimum Gasteiger partial charge on any atom is -0.354 e. The Morgan fingerprint density at radius 2 is 1.35 bits per heavy atom. The van der Waals surface area contributed by atoms with Crippen LogP contribution in [0.4, 0.5) is 0 Å². The Hall–Kier alpha value is -0.620. The first kappa shape index (κ1) is 25.4. The van der Waals surface area contributed by atoms with E-state index in [4.69, 9.17) is 5.73 Å². The molecule has 0 spiro atoms. The zero-order valence-electron chi connectivity index (χ0n) is 15.7. The highest BCUT2D eigenvalue weighted by molar-refractivity contribution is 7.80. The highest BCUT2D eigenvalue weighted by Gasteiger charge is 2.44. The molecule has 11 heteroatoms. The molecule has 0 heterocycles. The first-order valence-corrected chi connectivity index (χ1v) is 10.2. The van der Waals surface area contributed by atoms with Crippen LogP contribution in [0.3, 0.4) is 0 Å². The number of nitrogens with two attached hydrogens (primary N) is 1. The summed E-state index contributed by atoms with van der Waals surface area (Å²) in [5.74, 6) is -1.55. The number of amides is 3. The molecule has 6 N–H and O–H groups in total. The monoisotopic (exact) mass is 425 g/mol. The standard InChI is InChI=1S/C15H31N5O3S3/c1-5-17-10(21)14(4,8-25)19-12(23)15(16,9-26)20-11(22)13(3,7-24)18-6-2/h18,24-26H,5-9,16H2,1-4H3,(H,17,21)(H,19,23)(H,20,22)/t13-,14-,15?/m1/s1. The van der Waals surface area contributed by atoms with Crippen LogP contribution in [0.2, 0.25) is 0 Å². The maximum atomic E-state index is 12.7. The quantitative estimate of drug-likeness (QED) is 0.158. The predicted octanol–water partition coefficient (Wildman–Crippen LogP) is -1.07. The van der Waals surface area contributed by atoms with Crippen molar-refractivity contribution in [1.29, 1.82) is 0 Å². The van der Waals surface area contributed by atoms with Gasteiger partial charge in [0.1, 0.15) is 11.1 Å². The van der Waals surface area contributed by atoms with Gasteiger partial charge in [0, 0.05) is 23.8 Å². The van der Waals surface area contributed by atoms with Crippen molar-refractivity contribution in [1.82, 2.24) is 21.3 Å². The molecule has 0 bridgehead atoms. The largest absolute Gasteiger partial charge is 0.354 e. The summed E-state index contributed by atoms with van der Waals surface area (Å²) in [5.41, 5.74) is 1.98. The molecule has 0 aromatic carbocycles. The molecule has 26 heavy (non-hydrogen) atoms. The van der Waals surface area contributed by atoms with Crippen molar-refractivity contribution in [2.24, 2.45) is 5.73 Å². The van der Waals surface area contributed by atoms with E-state index in [-0.39, 0.29) is 17.3 Å².